The van der Waals surface area contributed by atoms with E-state index < -0.39 is 6.04 Å². The van der Waals surface area contributed by atoms with Crippen molar-refractivity contribution in [1.82, 2.24) is 10.3 Å². The minimum Gasteiger partial charge on any atom is -0.348 e. The van der Waals surface area contributed by atoms with Gasteiger partial charge in [0, 0.05) is 12.4 Å². The number of nitrogens with one attached hydrogen (secondary N) is 1. The van der Waals surface area contributed by atoms with Gasteiger partial charge < -0.3 is 11.1 Å². The van der Waals surface area contributed by atoms with E-state index in [1.165, 1.54) is 0 Å². The number of hydrogen-bond donors (Lipinski definition) is 2. The van der Waals surface area contributed by atoms with Gasteiger partial charge in [0.05, 0.1) is 12.1 Å². The van der Waals surface area contributed by atoms with Crippen LogP contribution in [0.15, 0.2) is 24.5 Å². The lowest BCUT2D eigenvalue weighted by molar-refractivity contribution is -0.123. The molecule has 17 heavy (non-hydrogen) atoms. The largest absolute Gasteiger partial charge is 0.348 e. The van der Waals surface area contributed by atoms with Gasteiger partial charge in [-0.05, 0) is 30.9 Å². The number of nitrogens with two attached hydrogens (primary N) is 1. The lowest BCUT2D eigenvalue weighted by atomic mass is 10.0. The first-order valence-electron chi connectivity index (χ1n) is 5.96. The molecule has 4 nitrogen and oxygen atoms in total. The van der Waals surface area contributed by atoms with E-state index in [4.69, 9.17) is 5.73 Å². The number of nitrogens with zero attached hydrogens (tertiary/aromatic N) is 1. The van der Waals surface area contributed by atoms with Crippen molar-refractivity contribution in [2.45, 2.75) is 39.3 Å². The molecule has 1 unspecified atom stereocenters. The monoisotopic (exact) mass is 235 g/mol. The summed E-state index contributed by atoms with van der Waals surface area (Å²) >= 11 is 0. The van der Waals surface area contributed by atoms with Gasteiger partial charge in [-0.2, -0.15) is 0 Å². The number of hydrogen-bond acceptors (Lipinski definition) is 3. The maximum absolute atomic E-state index is 11.8. The van der Waals surface area contributed by atoms with Gasteiger partial charge in [-0.3, -0.25) is 9.78 Å². The third kappa shape index (κ3) is 4.53. The number of carbonyl (C=O) groups is 1. The molecule has 0 radical (unpaired) electrons. The zero-order valence-corrected chi connectivity index (χ0v) is 10.7. The Hall–Kier alpha value is -1.42. The molecule has 0 bridgehead atoms. The van der Waals surface area contributed by atoms with Gasteiger partial charge in [0.1, 0.15) is 0 Å². The Morgan fingerprint density at radius 1 is 1.47 bits per heavy atom. The van der Waals surface area contributed by atoms with E-state index in [9.17, 15) is 4.79 Å². The maximum atomic E-state index is 11.8. The van der Waals surface area contributed by atoms with Gasteiger partial charge in [0.25, 0.3) is 0 Å². The molecule has 0 aliphatic rings. The Morgan fingerprint density at radius 2 is 2.18 bits per heavy atom. The van der Waals surface area contributed by atoms with E-state index in [1.807, 2.05) is 19.1 Å². The van der Waals surface area contributed by atoms with Crippen LogP contribution in [-0.4, -0.2) is 16.9 Å². The topological polar surface area (TPSA) is 68.0 Å². The van der Waals surface area contributed by atoms with E-state index in [-0.39, 0.29) is 11.9 Å². The summed E-state index contributed by atoms with van der Waals surface area (Å²) in [6.45, 7) is 6.03. The molecule has 94 valence electrons. The van der Waals surface area contributed by atoms with Crippen molar-refractivity contribution < 1.29 is 4.79 Å². The molecule has 3 N–H and O–H groups in total. The lowest BCUT2D eigenvalue weighted by Crippen LogP contribution is -2.42. The predicted octanol–water partition coefficient (Wildman–Crippen LogP) is 1.63. The molecule has 1 amide bonds. The molecule has 0 aromatic carbocycles. The van der Waals surface area contributed by atoms with E-state index in [0.29, 0.717) is 12.3 Å². The van der Waals surface area contributed by atoms with Crippen molar-refractivity contribution in [2.75, 3.05) is 0 Å². The second kappa shape index (κ2) is 6.35. The summed E-state index contributed by atoms with van der Waals surface area (Å²) in [5, 5.41) is 2.90. The Morgan fingerprint density at radius 3 is 2.71 bits per heavy atom. The number of pyridine rings is 1. The molecule has 0 saturated heterocycles. The molecular formula is C13H21N3O. The van der Waals surface area contributed by atoms with E-state index in [2.05, 4.69) is 24.1 Å². The van der Waals surface area contributed by atoms with E-state index >= 15 is 0 Å². The first-order valence-corrected chi connectivity index (χ1v) is 5.96. The zero-order chi connectivity index (χ0) is 12.8. The third-order valence-electron chi connectivity index (χ3n) is 2.61. The van der Waals surface area contributed by atoms with Crippen molar-refractivity contribution in [2.24, 2.45) is 11.7 Å². The molecule has 0 aliphatic carbocycles. The summed E-state index contributed by atoms with van der Waals surface area (Å²) in [7, 11) is 0. The van der Waals surface area contributed by atoms with Gasteiger partial charge >= 0.3 is 0 Å². The molecule has 1 aromatic rings. The van der Waals surface area contributed by atoms with Crippen LogP contribution in [0.3, 0.4) is 0 Å². The minimum absolute atomic E-state index is 0.0607. The molecule has 1 aromatic heterocycles. The Kier molecular flexibility index (Phi) is 5.10. The molecule has 0 aliphatic heterocycles. The van der Waals surface area contributed by atoms with Crippen LogP contribution in [0.5, 0.6) is 0 Å². The summed E-state index contributed by atoms with van der Waals surface area (Å²) in [6.07, 6.45) is 4.16. The predicted molar refractivity (Wildman–Crippen MR) is 68.2 cm³/mol. The van der Waals surface area contributed by atoms with Crippen molar-refractivity contribution in [3.05, 3.63) is 30.1 Å². The van der Waals surface area contributed by atoms with Gasteiger partial charge in [0.2, 0.25) is 5.91 Å². The first-order chi connectivity index (χ1) is 8.00. The van der Waals surface area contributed by atoms with Crippen LogP contribution in [0, 0.1) is 5.92 Å². The second-order valence-corrected chi connectivity index (χ2v) is 4.75. The van der Waals surface area contributed by atoms with Gasteiger partial charge in [-0.1, -0.05) is 19.9 Å². The molecule has 2 atom stereocenters. The Bertz CT molecular complexity index is 351. The highest BCUT2D eigenvalue weighted by atomic mass is 16.2. The fraction of sp³-hybridized carbons (Fsp3) is 0.538. The highest BCUT2D eigenvalue weighted by Gasteiger charge is 2.17. The fourth-order valence-electron chi connectivity index (χ4n) is 1.65. The van der Waals surface area contributed by atoms with Crippen LogP contribution in [-0.2, 0) is 4.79 Å². The molecule has 0 spiro atoms. The Labute approximate surface area is 103 Å². The van der Waals surface area contributed by atoms with Crippen LogP contribution < -0.4 is 11.1 Å². The highest BCUT2D eigenvalue weighted by molar-refractivity contribution is 5.81. The maximum Gasteiger partial charge on any atom is 0.237 e. The average Bonchev–Trinajstić information content (AvgIpc) is 2.29. The third-order valence-corrected chi connectivity index (χ3v) is 2.61. The summed E-state index contributed by atoms with van der Waals surface area (Å²) in [6, 6.07) is 3.29. The molecular weight excluding hydrogens is 214 g/mol. The second-order valence-electron chi connectivity index (χ2n) is 4.75. The highest BCUT2D eigenvalue weighted by Crippen LogP contribution is 2.10. The van der Waals surface area contributed by atoms with Crippen LogP contribution in [0.25, 0.3) is 0 Å². The number of rotatable bonds is 5. The zero-order valence-electron chi connectivity index (χ0n) is 10.7. The van der Waals surface area contributed by atoms with Gasteiger partial charge in [0.15, 0.2) is 0 Å². The fourth-order valence-corrected chi connectivity index (χ4v) is 1.65. The van der Waals surface area contributed by atoms with E-state index in [0.717, 1.165) is 5.56 Å². The van der Waals surface area contributed by atoms with Crippen LogP contribution in [0.1, 0.15) is 38.8 Å². The average molecular weight is 235 g/mol. The van der Waals surface area contributed by atoms with E-state index in [1.54, 1.807) is 12.4 Å². The van der Waals surface area contributed by atoms with Crippen LogP contribution in [0.2, 0.25) is 0 Å². The van der Waals surface area contributed by atoms with Crippen molar-refractivity contribution >= 4 is 5.91 Å². The number of amides is 1. The van der Waals surface area contributed by atoms with Crippen molar-refractivity contribution in [3.8, 4) is 0 Å². The van der Waals surface area contributed by atoms with Crippen molar-refractivity contribution in [3.63, 3.8) is 0 Å². The van der Waals surface area contributed by atoms with Crippen LogP contribution >= 0.6 is 0 Å². The summed E-state index contributed by atoms with van der Waals surface area (Å²) in [5.41, 5.74) is 6.80. The normalized spacial score (nSPS) is 14.4. The lowest BCUT2D eigenvalue weighted by Gasteiger charge is -2.18. The smallest absolute Gasteiger partial charge is 0.237 e. The summed E-state index contributed by atoms with van der Waals surface area (Å²) in [5.74, 6) is 0.319. The molecule has 4 heteroatoms. The summed E-state index contributed by atoms with van der Waals surface area (Å²) in [4.78, 5) is 15.8. The Balaban J connectivity index is 2.51. The van der Waals surface area contributed by atoms with Gasteiger partial charge in [-0.25, -0.2) is 0 Å². The van der Waals surface area contributed by atoms with Crippen molar-refractivity contribution in [1.29, 1.82) is 0 Å². The quantitative estimate of drug-likeness (QED) is 0.815. The first kappa shape index (κ1) is 13.6. The number of aromatic nitrogens is 1. The minimum atomic E-state index is -0.436. The van der Waals surface area contributed by atoms with Gasteiger partial charge in [-0.15, -0.1) is 0 Å². The number of carbonyl (C=O) groups excluding carboxylic acids is 1. The summed E-state index contributed by atoms with van der Waals surface area (Å²) < 4.78 is 0. The van der Waals surface area contributed by atoms with Crippen LogP contribution in [0.4, 0.5) is 0 Å². The molecule has 0 saturated carbocycles. The molecule has 1 heterocycles. The molecule has 1 rings (SSSR count). The SMILES string of the molecule is CC(C)CC(N)C(=O)N[C@H](C)c1cccnc1. The standard InChI is InChI=1S/C13H21N3O/c1-9(2)7-12(14)13(17)16-10(3)11-5-4-6-15-8-11/h4-6,8-10,12H,7,14H2,1-3H3,(H,16,17)/t10-,12?/m1/s1. The molecule has 0 fully saturated rings.